The van der Waals surface area contributed by atoms with Crippen LogP contribution in [0.5, 0.6) is 0 Å². The molecule has 70 valence electrons. The van der Waals surface area contributed by atoms with E-state index in [2.05, 4.69) is 20.9 Å². The molecule has 1 heterocycles. The molecule has 14 heavy (non-hydrogen) atoms. The highest BCUT2D eigenvalue weighted by Crippen LogP contribution is 2.25. The van der Waals surface area contributed by atoms with E-state index in [9.17, 15) is 4.79 Å². The summed E-state index contributed by atoms with van der Waals surface area (Å²) in [6.07, 6.45) is 5.94. The topological polar surface area (TPSA) is 32.9 Å². The summed E-state index contributed by atoms with van der Waals surface area (Å²) in [6.45, 7) is 0. The minimum absolute atomic E-state index is 0.775. The summed E-state index contributed by atoms with van der Waals surface area (Å²) >= 11 is 3.45. The lowest BCUT2D eigenvalue weighted by Crippen LogP contribution is -1.70. The lowest BCUT2D eigenvalue weighted by molar-refractivity contribution is -0.104. The molecule has 3 heteroatoms. The summed E-state index contributed by atoms with van der Waals surface area (Å²) in [5, 5.41) is 1.11. The van der Waals surface area contributed by atoms with Crippen LogP contribution in [0, 0.1) is 0 Å². The number of aromatic nitrogens is 1. The van der Waals surface area contributed by atoms with Crippen LogP contribution in [-0.2, 0) is 4.79 Å². The quantitative estimate of drug-likeness (QED) is 0.644. The molecular formula is C11H8BrNO. The zero-order valence-electron chi connectivity index (χ0n) is 7.33. The average Bonchev–Trinajstić information content (AvgIpc) is 2.60. The molecule has 0 aliphatic carbocycles. The molecule has 0 unspecified atom stereocenters. The number of H-pyrrole nitrogens is 1. The molecule has 0 radical (unpaired) electrons. The minimum Gasteiger partial charge on any atom is -0.360 e. The fourth-order valence-electron chi connectivity index (χ4n) is 1.42. The van der Waals surface area contributed by atoms with Gasteiger partial charge in [-0.2, -0.15) is 0 Å². The number of rotatable bonds is 2. The third-order valence-corrected chi connectivity index (χ3v) is 2.71. The van der Waals surface area contributed by atoms with Crippen LogP contribution in [0.15, 0.2) is 34.9 Å². The summed E-state index contributed by atoms with van der Waals surface area (Å²) in [4.78, 5) is 13.3. The summed E-state index contributed by atoms with van der Waals surface area (Å²) < 4.78 is 1.03. The van der Waals surface area contributed by atoms with E-state index in [1.807, 2.05) is 24.4 Å². The molecule has 2 nitrogen and oxygen atoms in total. The van der Waals surface area contributed by atoms with Crippen LogP contribution in [-0.4, -0.2) is 11.3 Å². The fourth-order valence-corrected chi connectivity index (χ4v) is 1.90. The van der Waals surface area contributed by atoms with E-state index in [-0.39, 0.29) is 0 Å². The number of hydrogen-bond donors (Lipinski definition) is 1. The first-order chi connectivity index (χ1) is 6.83. The molecule has 1 aromatic heterocycles. The molecule has 0 saturated heterocycles. The van der Waals surface area contributed by atoms with Gasteiger partial charge >= 0.3 is 0 Å². The first-order valence-electron chi connectivity index (χ1n) is 4.20. The Morgan fingerprint density at radius 1 is 1.36 bits per heavy atom. The second kappa shape index (κ2) is 3.80. The van der Waals surface area contributed by atoms with Crippen molar-refractivity contribution in [3.05, 3.63) is 40.5 Å². The summed E-state index contributed by atoms with van der Waals surface area (Å²) in [6, 6.07) is 5.96. The summed E-state index contributed by atoms with van der Waals surface area (Å²) in [5.74, 6) is 0. The van der Waals surface area contributed by atoms with Gasteiger partial charge in [-0.3, -0.25) is 4.79 Å². The highest BCUT2D eigenvalue weighted by atomic mass is 79.9. The highest BCUT2D eigenvalue weighted by Gasteiger charge is 2.02. The van der Waals surface area contributed by atoms with E-state index in [4.69, 9.17) is 0 Å². The molecule has 0 spiro atoms. The maximum Gasteiger partial charge on any atom is 0.142 e. The van der Waals surface area contributed by atoms with Gasteiger partial charge in [0.05, 0.1) is 5.52 Å². The first-order valence-corrected chi connectivity index (χ1v) is 4.99. The summed E-state index contributed by atoms with van der Waals surface area (Å²) in [7, 11) is 0. The normalized spacial score (nSPS) is 11.2. The van der Waals surface area contributed by atoms with Gasteiger partial charge in [-0.25, -0.2) is 0 Å². The van der Waals surface area contributed by atoms with Gasteiger partial charge < -0.3 is 4.98 Å². The monoisotopic (exact) mass is 249 g/mol. The second-order valence-electron chi connectivity index (χ2n) is 2.90. The molecule has 1 aromatic carbocycles. The molecule has 0 aliphatic rings. The number of allylic oxidation sites excluding steroid dienone is 1. The number of aldehydes is 1. The Hall–Kier alpha value is -1.35. The Bertz CT molecular complexity index is 499. The van der Waals surface area contributed by atoms with Crippen molar-refractivity contribution in [1.29, 1.82) is 0 Å². The van der Waals surface area contributed by atoms with Gasteiger partial charge in [0, 0.05) is 16.1 Å². The van der Waals surface area contributed by atoms with Crippen molar-refractivity contribution in [2.24, 2.45) is 0 Å². The van der Waals surface area contributed by atoms with Crippen LogP contribution in [0.4, 0.5) is 0 Å². The fraction of sp³-hybridized carbons (Fsp3) is 0. The predicted octanol–water partition coefficient (Wildman–Crippen LogP) is 3.14. The number of fused-ring (bicyclic) bond motifs is 1. The largest absolute Gasteiger partial charge is 0.360 e. The van der Waals surface area contributed by atoms with Gasteiger partial charge in [-0.05, 0) is 39.7 Å². The smallest absolute Gasteiger partial charge is 0.142 e. The highest BCUT2D eigenvalue weighted by molar-refractivity contribution is 9.10. The number of aromatic amines is 1. The molecule has 0 saturated carbocycles. The SMILES string of the molecule is O=CC=Cc1c[nH]c2c(Br)cccc12. The third kappa shape index (κ3) is 1.51. The number of benzene rings is 1. The Balaban J connectivity index is 2.63. The van der Waals surface area contributed by atoms with E-state index in [0.29, 0.717) is 0 Å². The lowest BCUT2D eigenvalue weighted by Gasteiger charge is -1.93. The van der Waals surface area contributed by atoms with Crippen LogP contribution >= 0.6 is 15.9 Å². The van der Waals surface area contributed by atoms with E-state index < -0.39 is 0 Å². The minimum atomic E-state index is 0.775. The molecule has 2 aromatic rings. The molecular weight excluding hydrogens is 242 g/mol. The zero-order chi connectivity index (χ0) is 9.97. The number of carbonyl (C=O) groups is 1. The molecule has 0 amide bonds. The van der Waals surface area contributed by atoms with Crippen LogP contribution in [0.2, 0.25) is 0 Å². The maximum atomic E-state index is 10.2. The van der Waals surface area contributed by atoms with Crippen molar-refractivity contribution >= 4 is 39.2 Å². The summed E-state index contributed by atoms with van der Waals surface area (Å²) in [5.41, 5.74) is 2.08. The Labute approximate surface area is 89.8 Å². The van der Waals surface area contributed by atoms with Gasteiger partial charge in [0.25, 0.3) is 0 Å². The molecule has 0 bridgehead atoms. The lowest BCUT2D eigenvalue weighted by atomic mass is 10.2. The first kappa shape index (κ1) is 9.21. The van der Waals surface area contributed by atoms with Gasteiger partial charge in [0.2, 0.25) is 0 Å². The molecule has 0 aliphatic heterocycles. The zero-order valence-corrected chi connectivity index (χ0v) is 8.91. The number of para-hydroxylation sites is 1. The van der Waals surface area contributed by atoms with Gasteiger partial charge in [0.15, 0.2) is 0 Å². The van der Waals surface area contributed by atoms with E-state index in [1.54, 1.807) is 6.08 Å². The van der Waals surface area contributed by atoms with E-state index in [1.165, 1.54) is 6.08 Å². The number of carbonyl (C=O) groups excluding carboxylic acids is 1. The van der Waals surface area contributed by atoms with Crippen molar-refractivity contribution in [2.75, 3.05) is 0 Å². The second-order valence-corrected chi connectivity index (χ2v) is 3.76. The van der Waals surface area contributed by atoms with E-state index >= 15 is 0 Å². The van der Waals surface area contributed by atoms with Crippen molar-refractivity contribution in [1.82, 2.24) is 4.98 Å². The van der Waals surface area contributed by atoms with Crippen molar-refractivity contribution in [3.63, 3.8) is 0 Å². The van der Waals surface area contributed by atoms with Gasteiger partial charge in [0.1, 0.15) is 6.29 Å². The van der Waals surface area contributed by atoms with Crippen molar-refractivity contribution in [3.8, 4) is 0 Å². The van der Waals surface area contributed by atoms with Crippen LogP contribution in [0.3, 0.4) is 0 Å². The van der Waals surface area contributed by atoms with Crippen LogP contribution < -0.4 is 0 Å². The Morgan fingerprint density at radius 3 is 3.00 bits per heavy atom. The predicted molar refractivity (Wildman–Crippen MR) is 61.1 cm³/mol. The number of halogens is 1. The van der Waals surface area contributed by atoms with Crippen LogP contribution in [0.25, 0.3) is 17.0 Å². The average molecular weight is 250 g/mol. The number of nitrogens with one attached hydrogen (secondary N) is 1. The van der Waals surface area contributed by atoms with Crippen molar-refractivity contribution in [2.45, 2.75) is 0 Å². The molecule has 0 fully saturated rings. The van der Waals surface area contributed by atoms with Crippen LogP contribution in [0.1, 0.15) is 5.56 Å². The van der Waals surface area contributed by atoms with Gasteiger partial charge in [-0.1, -0.05) is 12.1 Å². The maximum absolute atomic E-state index is 10.2. The number of hydrogen-bond acceptors (Lipinski definition) is 1. The van der Waals surface area contributed by atoms with Crippen molar-refractivity contribution < 1.29 is 4.79 Å². The Morgan fingerprint density at radius 2 is 2.21 bits per heavy atom. The molecule has 2 rings (SSSR count). The standard InChI is InChI=1S/C11H8BrNO/c12-10-5-1-4-9-8(3-2-6-14)7-13-11(9)10/h1-7,13H. The molecule has 1 N–H and O–H groups in total. The third-order valence-electron chi connectivity index (χ3n) is 2.05. The van der Waals surface area contributed by atoms with Gasteiger partial charge in [-0.15, -0.1) is 0 Å². The Kier molecular flexibility index (Phi) is 2.50. The van der Waals surface area contributed by atoms with E-state index in [0.717, 1.165) is 27.2 Å². The molecule has 0 atom stereocenters.